The van der Waals surface area contributed by atoms with Gasteiger partial charge in [0.15, 0.2) is 0 Å². The number of anilines is 1. The smallest absolute Gasteiger partial charge is 0.338 e. The van der Waals surface area contributed by atoms with Gasteiger partial charge in [-0.3, -0.25) is 0 Å². The van der Waals surface area contributed by atoms with E-state index < -0.39 is 5.97 Å². The fourth-order valence-electron chi connectivity index (χ4n) is 1.83. The first-order valence-corrected chi connectivity index (χ1v) is 5.99. The Balaban J connectivity index is 2.14. The number of hydrogen-bond donors (Lipinski definition) is 2. The second-order valence-corrected chi connectivity index (χ2v) is 4.15. The molecule has 0 unspecified atom stereocenters. The van der Waals surface area contributed by atoms with Crippen molar-refractivity contribution in [1.82, 2.24) is 0 Å². The van der Waals surface area contributed by atoms with Crippen LogP contribution in [0.25, 0.3) is 0 Å². The molecule has 104 valence electrons. The Labute approximate surface area is 116 Å². The predicted molar refractivity (Wildman–Crippen MR) is 75.1 cm³/mol. The van der Waals surface area contributed by atoms with Crippen LogP contribution in [-0.2, 0) is 6.61 Å². The summed E-state index contributed by atoms with van der Waals surface area (Å²) in [5.74, 6) is 0.300. The summed E-state index contributed by atoms with van der Waals surface area (Å²) >= 11 is 0. The molecular formula is C15H15NO4. The standard InChI is InChI=1S/C15H15NO4/c1-19-11-5-7-12(8-6-11)20-9-10-3-2-4-13(16)14(10)15(17)18/h2-8H,9,16H2,1H3,(H,17,18). The molecule has 2 aromatic carbocycles. The molecule has 0 aliphatic carbocycles. The molecule has 2 rings (SSSR count). The van der Waals surface area contributed by atoms with Crippen LogP contribution in [0.5, 0.6) is 11.5 Å². The molecule has 2 aromatic rings. The number of rotatable bonds is 5. The van der Waals surface area contributed by atoms with E-state index in [0.717, 1.165) is 5.75 Å². The van der Waals surface area contributed by atoms with Gasteiger partial charge in [-0.1, -0.05) is 12.1 Å². The third-order valence-corrected chi connectivity index (χ3v) is 2.85. The molecule has 20 heavy (non-hydrogen) atoms. The van der Waals surface area contributed by atoms with Gasteiger partial charge in [0.1, 0.15) is 18.1 Å². The number of benzene rings is 2. The van der Waals surface area contributed by atoms with E-state index in [9.17, 15) is 4.79 Å². The minimum atomic E-state index is -1.06. The lowest BCUT2D eigenvalue weighted by atomic mass is 10.1. The molecule has 0 aliphatic heterocycles. The summed E-state index contributed by atoms with van der Waals surface area (Å²) in [5, 5.41) is 9.16. The second kappa shape index (κ2) is 5.97. The maximum Gasteiger partial charge on any atom is 0.338 e. The molecule has 0 fully saturated rings. The van der Waals surface area contributed by atoms with Crippen molar-refractivity contribution in [2.75, 3.05) is 12.8 Å². The van der Waals surface area contributed by atoms with E-state index in [-0.39, 0.29) is 17.9 Å². The molecule has 5 nitrogen and oxygen atoms in total. The molecule has 3 N–H and O–H groups in total. The molecule has 5 heteroatoms. The highest BCUT2D eigenvalue weighted by Gasteiger charge is 2.13. The average Bonchev–Trinajstić information content (AvgIpc) is 2.45. The lowest BCUT2D eigenvalue weighted by Gasteiger charge is -2.10. The first-order valence-electron chi connectivity index (χ1n) is 5.99. The van der Waals surface area contributed by atoms with Gasteiger partial charge in [-0.2, -0.15) is 0 Å². The van der Waals surface area contributed by atoms with E-state index in [4.69, 9.17) is 20.3 Å². The van der Waals surface area contributed by atoms with Gasteiger partial charge in [-0.15, -0.1) is 0 Å². The Bertz CT molecular complexity index is 608. The molecule has 0 bridgehead atoms. The zero-order valence-electron chi connectivity index (χ0n) is 11.0. The number of aromatic carboxylic acids is 1. The fraction of sp³-hybridized carbons (Fsp3) is 0.133. The van der Waals surface area contributed by atoms with E-state index in [1.54, 1.807) is 49.6 Å². The summed E-state index contributed by atoms with van der Waals surface area (Å²) in [6.07, 6.45) is 0. The van der Waals surface area contributed by atoms with Crippen molar-refractivity contribution in [1.29, 1.82) is 0 Å². The van der Waals surface area contributed by atoms with Crippen molar-refractivity contribution in [2.24, 2.45) is 0 Å². The first-order chi connectivity index (χ1) is 9.61. The van der Waals surface area contributed by atoms with Crippen LogP contribution in [-0.4, -0.2) is 18.2 Å². The van der Waals surface area contributed by atoms with Gasteiger partial charge in [0.2, 0.25) is 0 Å². The van der Waals surface area contributed by atoms with E-state index in [2.05, 4.69) is 0 Å². The molecule has 0 saturated carbocycles. The molecular weight excluding hydrogens is 258 g/mol. The van der Waals surface area contributed by atoms with Crippen molar-refractivity contribution in [3.63, 3.8) is 0 Å². The van der Waals surface area contributed by atoms with E-state index in [1.165, 1.54) is 0 Å². The molecule has 0 heterocycles. The van der Waals surface area contributed by atoms with Crippen molar-refractivity contribution < 1.29 is 19.4 Å². The molecule has 0 aliphatic rings. The summed E-state index contributed by atoms with van der Waals surface area (Å²) in [6.45, 7) is 0.138. The molecule has 0 radical (unpaired) electrons. The minimum Gasteiger partial charge on any atom is -0.497 e. The van der Waals surface area contributed by atoms with Crippen LogP contribution in [0.2, 0.25) is 0 Å². The number of nitrogens with two attached hydrogens (primary N) is 1. The number of hydrogen-bond acceptors (Lipinski definition) is 4. The van der Waals surface area contributed by atoms with E-state index in [1.807, 2.05) is 0 Å². The molecule has 0 amide bonds. The maximum absolute atomic E-state index is 11.2. The van der Waals surface area contributed by atoms with Gasteiger partial charge >= 0.3 is 5.97 Å². The summed E-state index contributed by atoms with van der Waals surface area (Å²) in [5.41, 5.74) is 6.53. The Hall–Kier alpha value is -2.69. The quantitative estimate of drug-likeness (QED) is 0.818. The zero-order chi connectivity index (χ0) is 14.5. The largest absolute Gasteiger partial charge is 0.497 e. The summed E-state index contributed by atoms with van der Waals surface area (Å²) in [4.78, 5) is 11.2. The first kappa shape index (κ1) is 13.7. The molecule has 0 atom stereocenters. The highest BCUT2D eigenvalue weighted by atomic mass is 16.5. The van der Waals surface area contributed by atoms with Crippen LogP contribution >= 0.6 is 0 Å². The Morgan fingerprint density at radius 2 is 1.80 bits per heavy atom. The van der Waals surface area contributed by atoms with Gasteiger partial charge in [0.25, 0.3) is 0 Å². The van der Waals surface area contributed by atoms with Gasteiger partial charge < -0.3 is 20.3 Å². The normalized spacial score (nSPS) is 10.1. The summed E-state index contributed by atoms with van der Waals surface area (Å²) in [6, 6.07) is 12.0. The van der Waals surface area contributed by atoms with Crippen LogP contribution in [0, 0.1) is 0 Å². The topological polar surface area (TPSA) is 81.8 Å². The second-order valence-electron chi connectivity index (χ2n) is 4.15. The Kier molecular flexibility index (Phi) is 4.10. The summed E-state index contributed by atoms with van der Waals surface area (Å²) in [7, 11) is 1.59. The predicted octanol–water partition coefficient (Wildman–Crippen LogP) is 2.55. The van der Waals surface area contributed by atoms with Crippen LogP contribution in [0.3, 0.4) is 0 Å². The van der Waals surface area contributed by atoms with Crippen molar-refractivity contribution >= 4 is 11.7 Å². The maximum atomic E-state index is 11.2. The van der Waals surface area contributed by atoms with Crippen molar-refractivity contribution in [3.8, 4) is 11.5 Å². The fourth-order valence-corrected chi connectivity index (χ4v) is 1.83. The van der Waals surface area contributed by atoms with E-state index >= 15 is 0 Å². The SMILES string of the molecule is COc1ccc(OCc2cccc(N)c2C(=O)O)cc1. The third-order valence-electron chi connectivity index (χ3n) is 2.85. The van der Waals surface area contributed by atoms with Gasteiger partial charge in [0.05, 0.1) is 12.7 Å². The lowest BCUT2D eigenvalue weighted by molar-refractivity contribution is 0.0695. The number of carboxylic acids is 1. The van der Waals surface area contributed by atoms with Crippen LogP contribution in [0.15, 0.2) is 42.5 Å². The average molecular weight is 273 g/mol. The van der Waals surface area contributed by atoms with Crippen molar-refractivity contribution in [3.05, 3.63) is 53.6 Å². The Morgan fingerprint density at radius 1 is 1.15 bits per heavy atom. The van der Waals surface area contributed by atoms with E-state index in [0.29, 0.717) is 11.3 Å². The highest BCUT2D eigenvalue weighted by Crippen LogP contribution is 2.21. The van der Waals surface area contributed by atoms with Gasteiger partial charge in [0, 0.05) is 11.3 Å². The molecule has 0 aromatic heterocycles. The number of carboxylic acid groups (broad SMARTS) is 1. The Morgan fingerprint density at radius 3 is 2.40 bits per heavy atom. The van der Waals surface area contributed by atoms with Crippen LogP contribution < -0.4 is 15.2 Å². The molecule has 0 spiro atoms. The zero-order valence-corrected chi connectivity index (χ0v) is 11.0. The number of nitrogen functional groups attached to an aromatic ring is 1. The lowest BCUT2D eigenvalue weighted by Crippen LogP contribution is -2.09. The number of ether oxygens (including phenoxy) is 2. The number of methoxy groups -OCH3 is 1. The number of carbonyl (C=O) groups is 1. The monoisotopic (exact) mass is 273 g/mol. The molecule has 0 saturated heterocycles. The highest BCUT2D eigenvalue weighted by molar-refractivity contribution is 5.95. The summed E-state index contributed by atoms with van der Waals surface area (Å²) < 4.78 is 10.6. The minimum absolute atomic E-state index is 0.0843. The van der Waals surface area contributed by atoms with Crippen LogP contribution in [0.4, 0.5) is 5.69 Å². The van der Waals surface area contributed by atoms with Crippen molar-refractivity contribution in [2.45, 2.75) is 6.61 Å². The third kappa shape index (κ3) is 3.00. The van der Waals surface area contributed by atoms with Gasteiger partial charge in [-0.25, -0.2) is 4.79 Å². The van der Waals surface area contributed by atoms with Gasteiger partial charge in [-0.05, 0) is 30.3 Å². The van der Waals surface area contributed by atoms with Crippen LogP contribution in [0.1, 0.15) is 15.9 Å².